The van der Waals surface area contributed by atoms with Crippen LogP contribution in [0.15, 0.2) is 0 Å². The van der Waals surface area contributed by atoms with Crippen molar-refractivity contribution in [3.05, 3.63) is 0 Å². The predicted octanol–water partition coefficient (Wildman–Crippen LogP) is 1.79. The zero-order valence-electron chi connectivity index (χ0n) is 12.3. The van der Waals surface area contributed by atoms with E-state index in [0.717, 1.165) is 32.5 Å². The van der Waals surface area contributed by atoms with Gasteiger partial charge >= 0.3 is 0 Å². The highest BCUT2D eigenvalue weighted by molar-refractivity contribution is 7.91. The molecule has 0 amide bonds. The van der Waals surface area contributed by atoms with Crippen molar-refractivity contribution < 1.29 is 8.42 Å². The van der Waals surface area contributed by atoms with Gasteiger partial charge in [-0.1, -0.05) is 26.2 Å². The molecular formula is C14H30N2O2S. The van der Waals surface area contributed by atoms with Crippen LogP contribution in [-0.2, 0) is 9.84 Å². The minimum atomic E-state index is -2.82. The maximum atomic E-state index is 11.5. The number of nitrogens with zero attached hydrogens (tertiary/aromatic N) is 1. The summed E-state index contributed by atoms with van der Waals surface area (Å²) in [6, 6.07) is 0.657. The molecule has 4 nitrogen and oxygen atoms in total. The Kier molecular flexibility index (Phi) is 7.95. The maximum Gasteiger partial charge on any atom is 0.150 e. The molecule has 0 aromatic rings. The number of sulfone groups is 1. The fourth-order valence-corrected chi connectivity index (χ4v) is 3.71. The lowest BCUT2D eigenvalue weighted by Crippen LogP contribution is -2.39. The Morgan fingerprint density at radius 2 is 1.74 bits per heavy atom. The first-order valence-corrected chi connectivity index (χ1v) is 9.55. The zero-order chi connectivity index (χ0) is 14.1. The van der Waals surface area contributed by atoms with Crippen LogP contribution in [0.4, 0.5) is 0 Å². The Bertz CT molecular complexity index is 324. The molecule has 1 aliphatic rings. The van der Waals surface area contributed by atoms with Crippen molar-refractivity contribution in [2.24, 2.45) is 5.73 Å². The van der Waals surface area contributed by atoms with Crippen molar-refractivity contribution >= 4 is 9.84 Å². The standard InChI is InChI=1S/C14H30N2O2S/c1-2-19(17,18)13-7-12-16(11-6-10-15)14-8-4-3-5-9-14/h14H,2-13,15H2,1H3. The van der Waals surface area contributed by atoms with E-state index in [0.29, 0.717) is 11.8 Å². The molecule has 0 aromatic carbocycles. The summed E-state index contributed by atoms with van der Waals surface area (Å²) in [6.45, 7) is 4.37. The van der Waals surface area contributed by atoms with E-state index in [2.05, 4.69) is 4.90 Å². The van der Waals surface area contributed by atoms with Crippen molar-refractivity contribution in [1.82, 2.24) is 4.90 Å². The molecule has 5 heteroatoms. The molecule has 0 spiro atoms. The Morgan fingerprint density at radius 3 is 2.32 bits per heavy atom. The van der Waals surface area contributed by atoms with Gasteiger partial charge in [-0.15, -0.1) is 0 Å². The summed E-state index contributed by atoms with van der Waals surface area (Å²) in [5, 5.41) is 0. The van der Waals surface area contributed by atoms with Gasteiger partial charge in [-0.3, -0.25) is 0 Å². The first-order chi connectivity index (χ1) is 9.09. The maximum absolute atomic E-state index is 11.5. The Morgan fingerprint density at radius 1 is 1.11 bits per heavy atom. The minimum absolute atomic E-state index is 0.263. The van der Waals surface area contributed by atoms with Crippen LogP contribution in [0.3, 0.4) is 0 Å². The second-order valence-corrected chi connectivity index (χ2v) is 8.03. The van der Waals surface area contributed by atoms with Gasteiger partial charge in [-0.2, -0.15) is 0 Å². The molecule has 0 radical (unpaired) electrons. The molecule has 19 heavy (non-hydrogen) atoms. The van der Waals surface area contributed by atoms with E-state index in [1.807, 2.05) is 0 Å². The molecular weight excluding hydrogens is 260 g/mol. The molecule has 0 aromatic heterocycles. The largest absolute Gasteiger partial charge is 0.330 e. The first kappa shape index (κ1) is 16.9. The third-order valence-corrected chi connectivity index (χ3v) is 5.87. The summed E-state index contributed by atoms with van der Waals surface area (Å²) in [5.41, 5.74) is 5.60. The van der Waals surface area contributed by atoms with Gasteiger partial charge in [0.15, 0.2) is 0 Å². The van der Waals surface area contributed by atoms with E-state index in [1.54, 1.807) is 6.92 Å². The van der Waals surface area contributed by atoms with Crippen LogP contribution in [-0.4, -0.2) is 50.5 Å². The second kappa shape index (κ2) is 8.93. The Balaban J connectivity index is 2.40. The van der Waals surface area contributed by atoms with Gasteiger partial charge in [0.25, 0.3) is 0 Å². The fourth-order valence-electron chi connectivity index (χ4n) is 2.85. The van der Waals surface area contributed by atoms with Crippen molar-refractivity contribution in [3.63, 3.8) is 0 Å². The van der Waals surface area contributed by atoms with Crippen molar-refractivity contribution in [2.45, 2.75) is 57.9 Å². The molecule has 1 fully saturated rings. The SMILES string of the molecule is CCS(=O)(=O)CCCN(CCCN)C1CCCCC1. The predicted molar refractivity (Wildman–Crippen MR) is 81.1 cm³/mol. The van der Waals surface area contributed by atoms with Crippen LogP contribution in [0.2, 0.25) is 0 Å². The lowest BCUT2D eigenvalue weighted by atomic mass is 9.94. The first-order valence-electron chi connectivity index (χ1n) is 7.73. The van der Waals surface area contributed by atoms with Gasteiger partial charge < -0.3 is 10.6 Å². The quantitative estimate of drug-likeness (QED) is 0.703. The van der Waals surface area contributed by atoms with Gasteiger partial charge in [0.1, 0.15) is 9.84 Å². The topological polar surface area (TPSA) is 63.4 Å². The number of hydrogen-bond acceptors (Lipinski definition) is 4. The van der Waals surface area contributed by atoms with Gasteiger partial charge in [0.05, 0.1) is 5.75 Å². The Labute approximate surface area is 118 Å². The van der Waals surface area contributed by atoms with Crippen LogP contribution >= 0.6 is 0 Å². The summed E-state index contributed by atoms with van der Waals surface area (Å²) in [4.78, 5) is 2.48. The van der Waals surface area contributed by atoms with E-state index in [1.165, 1.54) is 32.1 Å². The molecule has 1 aliphatic carbocycles. The number of rotatable bonds is 9. The van der Waals surface area contributed by atoms with Gasteiger partial charge in [0.2, 0.25) is 0 Å². The van der Waals surface area contributed by atoms with Crippen LogP contribution in [0.5, 0.6) is 0 Å². The lowest BCUT2D eigenvalue weighted by molar-refractivity contribution is 0.155. The van der Waals surface area contributed by atoms with Gasteiger partial charge in [0, 0.05) is 11.8 Å². The lowest BCUT2D eigenvalue weighted by Gasteiger charge is -2.34. The summed E-state index contributed by atoms with van der Waals surface area (Å²) in [5.74, 6) is 0.592. The summed E-state index contributed by atoms with van der Waals surface area (Å²) in [6.07, 6.45) is 8.30. The van der Waals surface area contributed by atoms with Crippen molar-refractivity contribution in [1.29, 1.82) is 0 Å². The van der Waals surface area contributed by atoms with Gasteiger partial charge in [-0.05, 0) is 45.3 Å². The molecule has 1 rings (SSSR count). The highest BCUT2D eigenvalue weighted by Gasteiger charge is 2.20. The molecule has 2 N–H and O–H groups in total. The van der Waals surface area contributed by atoms with Crippen LogP contribution in [0.25, 0.3) is 0 Å². The van der Waals surface area contributed by atoms with E-state index in [-0.39, 0.29) is 5.75 Å². The second-order valence-electron chi connectivity index (χ2n) is 5.56. The van der Waals surface area contributed by atoms with Crippen molar-refractivity contribution in [2.75, 3.05) is 31.1 Å². The monoisotopic (exact) mass is 290 g/mol. The van der Waals surface area contributed by atoms with Crippen LogP contribution < -0.4 is 5.73 Å². The molecule has 0 aliphatic heterocycles. The molecule has 1 saturated carbocycles. The van der Waals surface area contributed by atoms with E-state index < -0.39 is 9.84 Å². The third-order valence-electron chi connectivity index (χ3n) is 4.08. The highest BCUT2D eigenvalue weighted by Crippen LogP contribution is 2.22. The Hall–Kier alpha value is -0.130. The van der Waals surface area contributed by atoms with E-state index >= 15 is 0 Å². The average molecular weight is 290 g/mol. The summed E-state index contributed by atoms with van der Waals surface area (Å²) < 4.78 is 23.1. The zero-order valence-corrected chi connectivity index (χ0v) is 13.1. The van der Waals surface area contributed by atoms with Crippen LogP contribution in [0.1, 0.15) is 51.9 Å². The molecule has 114 valence electrons. The van der Waals surface area contributed by atoms with Crippen LogP contribution in [0, 0.1) is 0 Å². The molecule has 0 unspecified atom stereocenters. The van der Waals surface area contributed by atoms with E-state index in [4.69, 9.17) is 5.73 Å². The molecule has 0 atom stereocenters. The minimum Gasteiger partial charge on any atom is -0.330 e. The molecule has 0 heterocycles. The normalized spacial score (nSPS) is 18.1. The summed E-state index contributed by atoms with van der Waals surface area (Å²) >= 11 is 0. The number of nitrogens with two attached hydrogens (primary N) is 1. The molecule has 0 saturated heterocycles. The van der Waals surface area contributed by atoms with E-state index in [9.17, 15) is 8.42 Å². The van der Waals surface area contributed by atoms with Crippen molar-refractivity contribution in [3.8, 4) is 0 Å². The third kappa shape index (κ3) is 6.72. The average Bonchev–Trinajstić information content (AvgIpc) is 2.43. The smallest absolute Gasteiger partial charge is 0.150 e. The fraction of sp³-hybridized carbons (Fsp3) is 1.00. The highest BCUT2D eigenvalue weighted by atomic mass is 32.2. The number of hydrogen-bond donors (Lipinski definition) is 1. The summed E-state index contributed by atoms with van der Waals surface area (Å²) in [7, 11) is -2.82. The molecule has 0 bridgehead atoms. The van der Waals surface area contributed by atoms with Gasteiger partial charge in [-0.25, -0.2) is 8.42 Å².